The zero-order chi connectivity index (χ0) is 19.7. The Hall–Kier alpha value is -3.92. The van der Waals surface area contributed by atoms with Crippen molar-refractivity contribution in [2.45, 2.75) is 0 Å². The molecule has 0 saturated carbocycles. The number of nitrogens with zero attached hydrogens (tertiary/aromatic N) is 2. The van der Waals surface area contributed by atoms with Crippen molar-refractivity contribution in [3.05, 3.63) is 103 Å². The summed E-state index contributed by atoms with van der Waals surface area (Å²) >= 11 is 0. The van der Waals surface area contributed by atoms with Gasteiger partial charge in [-0.3, -0.25) is 0 Å². The molecule has 2 aliphatic heterocycles. The Morgan fingerprint density at radius 2 is 1.07 bits per heavy atom. The molecule has 0 fully saturated rings. The van der Waals surface area contributed by atoms with E-state index in [-0.39, 0.29) is 7.19 Å². The summed E-state index contributed by atoms with van der Waals surface area (Å²) in [5.41, 5.74) is 4.65. The highest BCUT2D eigenvalue weighted by molar-refractivity contribution is 6.68. The van der Waals surface area contributed by atoms with Gasteiger partial charge in [0.25, 0.3) is 0 Å². The summed E-state index contributed by atoms with van der Waals surface area (Å²) in [4.78, 5) is 4.65. The third-order valence-electron chi connectivity index (χ3n) is 6.19. The van der Waals surface area contributed by atoms with Crippen molar-refractivity contribution in [2.75, 3.05) is 9.62 Å². The van der Waals surface area contributed by atoms with Crippen LogP contribution in [0.1, 0.15) is 0 Å². The second-order valence-corrected chi connectivity index (χ2v) is 7.80. The topological polar surface area (TPSA) is 15.7 Å². The van der Waals surface area contributed by atoms with Gasteiger partial charge in [-0.15, -0.1) is 0 Å². The molecule has 0 aromatic heterocycles. The fraction of sp³-hybridized carbons (Fsp3) is 0. The van der Waals surface area contributed by atoms with E-state index in [9.17, 15) is 0 Å². The lowest BCUT2D eigenvalue weighted by atomic mass is 9.80. The van der Waals surface area contributed by atoms with Gasteiger partial charge in [0, 0.05) is 33.5 Å². The van der Waals surface area contributed by atoms with Crippen LogP contribution in [0.3, 0.4) is 0 Å². The highest BCUT2D eigenvalue weighted by Crippen LogP contribution is 2.51. The van der Waals surface area contributed by atoms with Crippen LogP contribution in [0.15, 0.2) is 103 Å². The monoisotopic (exact) mass is 384 g/mol. The van der Waals surface area contributed by atoms with E-state index in [1.54, 1.807) is 0 Å². The number of fused-ring (bicyclic) bond motifs is 3. The second kappa shape index (κ2) is 5.80. The zero-order valence-corrected chi connectivity index (χ0v) is 16.2. The summed E-state index contributed by atoms with van der Waals surface area (Å²) < 4.78 is 6.71. The summed E-state index contributed by atoms with van der Waals surface area (Å²) in [5.74, 6) is 0.928. The molecule has 0 saturated heterocycles. The smallest absolute Gasteiger partial charge is 0.522 e. The molecule has 7 rings (SSSR count). The maximum Gasteiger partial charge on any atom is 0.628 e. The first kappa shape index (κ1) is 15.9. The predicted octanol–water partition coefficient (Wildman–Crippen LogP) is 6.66. The quantitative estimate of drug-likeness (QED) is 0.301. The molecular weight excluding hydrogens is 367 g/mol. The Labute approximate surface area is 174 Å². The van der Waals surface area contributed by atoms with Gasteiger partial charge in [-0.1, -0.05) is 66.7 Å². The first-order chi connectivity index (χ1) is 14.9. The fourth-order valence-corrected chi connectivity index (χ4v) is 4.97. The SMILES string of the molecule is c1ccc(N2B3Oc4cccc5cccc(c45)N3c3cccc4cccc2c34)cc1. The van der Waals surface area contributed by atoms with Crippen molar-refractivity contribution in [3.63, 3.8) is 0 Å². The Kier molecular flexibility index (Phi) is 3.08. The normalized spacial score (nSPS) is 14.1. The summed E-state index contributed by atoms with van der Waals surface area (Å²) in [6, 6.07) is 36.3. The molecule has 140 valence electrons. The molecular formula is C26H17BN2O. The molecule has 0 aliphatic carbocycles. The lowest BCUT2D eigenvalue weighted by molar-refractivity contribution is 0.566. The summed E-state index contributed by atoms with van der Waals surface area (Å²) in [5, 5.41) is 4.84. The Morgan fingerprint density at radius 1 is 0.500 bits per heavy atom. The number of benzene rings is 5. The highest BCUT2D eigenvalue weighted by Gasteiger charge is 2.46. The second-order valence-electron chi connectivity index (χ2n) is 7.80. The van der Waals surface area contributed by atoms with Crippen LogP contribution >= 0.6 is 0 Å². The zero-order valence-electron chi connectivity index (χ0n) is 16.2. The molecule has 0 bridgehead atoms. The van der Waals surface area contributed by atoms with Gasteiger partial charge in [0.05, 0.1) is 0 Å². The first-order valence-corrected chi connectivity index (χ1v) is 10.2. The lowest BCUT2D eigenvalue weighted by Crippen LogP contribution is -2.57. The van der Waals surface area contributed by atoms with Gasteiger partial charge in [-0.25, -0.2) is 0 Å². The minimum atomic E-state index is -0.298. The molecule has 0 amide bonds. The largest absolute Gasteiger partial charge is 0.628 e. The maximum atomic E-state index is 6.71. The van der Waals surface area contributed by atoms with Gasteiger partial charge in [0.15, 0.2) is 0 Å². The van der Waals surface area contributed by atoms with Gasteiger partial charge >= 0.3 is 7.19 Å². The van der Waals surface area contributed by atoms with Crippen molar-refractivity contribution < 1.29 is 4.65 Å². The molecule has 5 aromatic rings. The molecule has 2 aliphatic rings. The van der Waals surface area contributed by atoms with E-state index < -0.39 is 0 Å². The highest BCUT2D eigenvalue weighted by atomic mass is 16.5. The minimum absolute atomic E-state index is 0.298. The Bertz CT molecular complexity index is 1440. The first-order valence-electron chi connectivity index (χ1n) is 10.2. The molecule has 30 heavy (non-hydrogen) atoms. The van der Waals surface area contributed by atoms with Gasteiger partial charge in [-0.2, -0.15) is 0 Å². The molecule has 3 nitrogen and oxygen atoms in total. The van der Waals surface area contributed by atoms with E-state index in [0.717, 1.165) is 11.4 Å². The van der Waals surface area contributed by atoms with E-state index in [0.29, 0.717) is 0 Å². The third kappa shape index (κ3) is 2.00. The van der Waals surface area contributed by atoms with Crippen molar-refractivity contribution in [2.24, 2.45) is 0 Å². The Morgan fingerprint density at radius 3 is 1.77 bits per heavy atom. The van der Waals surface area contributed by atoms with Crippen LogP contribution in [0.5, 0.6) is 5.75 Å². The lowest BCUT2D eigenvalue weighted by Gasteiger charge is -2.45. The maximum absolute atomic E-state index is 6.71. The third-order valence-corrected chi connectivity index (χ3v) is 6.19. The van der Waals surface area contributed by atoms with Gasteiger partial charge in [0.1, 0.15) is 5.75 Å². The fourth-order valence-electron chi connectivity index (χ4n) is 4.97. The predicted molar refractivity (Wildman–Crippen MR) is 125 cm³/mol. The van der Waals surface area contributed by atoms with Crippen molar-refractivity contribution in [1.82, 2.24) is 0 Å². The molecule has 0 unspecified atom stereocenters. The Balaban J connectivity index is 1.62. The van der Waals surface area contributed by atoms with E-state index in [1.165, 1.54) is 38.6 Å². The van der Waals surface area contributed by atoms with Gasteiger partial charge in [0.2, 0.25) is 0 Å². The van der Waals surface area contributed by atoms with Crippen LogP contribution < -0.4 is 14.3 Å². The molecule has 0 N–H and O–H groups in total. The van der Waals surface area contributed by atoms with Crippen LogP contribution in [-0.2, 0) is 0 Å². The van der Waals surface area contributed by atoms with E-state index in [4.69, 9.17) is 4.65 Å². The molecule has 5 aromatic carbocycles. The molecule has 0 atom stereocenters. The van der Waals surface area contributed by atoms with Gasteiger partial charge in [-0.05, 0) is 47.2 Å². The van der Waals surface area contributed by atoms with E-state index in [1.807, 2.05) is 0 Å². The molecule has 4 heteroatoms. The van der Waals surface area contributed by atoms with Crippen LogP contribution in [0.25, 0.3) is 21.5 Å². The molecule has 0 radical (unpaired) electrons. The van der Waals surface area contributed by atoms with Crippen molar-refractivity contribution in [1.29, 1.82) is 0 Å². The minimum Gasteiger partial charge on any atom is -0.522 e. The van der Waals surface area contributed by atoms with Crippen molar-refractivity contribution >= 4 is 51.5 Å². The van der Waals surface area contributed by atoms with Crippen LogP contribution in [0.4, 0.5) is 22.7 Å². The van der Waals surface area contributed by atoms with Crippen molar-refractivity contribution in [3.8, 4) is 5.75 Å². The number of anilines is 4. The molecule has 2 heterocycles. The number of rotatable bonds is 1. The molecule has 0 spiro atoms. The number of hydrogen-bond donors (Lipinski definition) is 0. The average molecular weight is 384 g/mol. The van der Waals surface area contributed by atoms with Gasteiger partial charge < -0.3 is 14.3 Å². The van der Waals surface area contributed by atoms with Crippen LogP contribution in [-0.4, -0.2) is 7.19 Å². The number of para-hydroxylation sites is 1. The van der Waals surface area contributed by atoms with Crippen LogP contribution in [0, 0.1) is 0 Å². The summed E-state index contributed by atoms with van der Waals surface area (Å²) in [6.45, 7) is 0. The van der Waals surface area contributed by atoms with E-state index >= 15 is 0 Å². The standard InChI is InChI=1S/C26H17BN2O/c1-2-12-20(13-3-1)28-21-14-4-8-18-9-5-15-22(25(18)21)29-23-16-6-10-19-11-7-17-24(26(19)23)30-27(28)29/h1-17H. The average Bonchev–Trinajstić information content (AvgIpc) is 2.80. The summed E-state index contributed by atoms with van der Waals surface area (Å²) in [7, 11) is -0.298. The summed E-state index contributed by atoms with van der Waals surface area (Å²) in [6.07, 6.45) is 0. The number of hydrogen-bond acceptors (Lipinski definition) is 3. The van der Waals surface area contributed by atoms with E-state index in [2.05, 4.69) is 113 Å². The van der Waals surface area contributed by atoms with Crippen LogP contribution in [0.2, 0.25) is 0 Å².